The molecule has 1 aliphatic rings. The average molecular weight is 344 g/mol. The molecule has 1 aromatic carbocycles. The normalized spacial score (nSPS) is 15.4. The average Bonchev–Trinajstić information content (AvgIpc) is 2.61. The van der Waals surface area contributed by atoms with E-state index in [0.29, 0.717) is 54.7 Å². The van der Waals surface area contributed by atoms with E-state index in [9.17, 15) is 14.0 Å². The van der Waals surface area contributed by atoms with Crippen molar-refractivity contribution in [3.05, 3.63) is 41.3 Å². The number of fused-ring (bicyclic) bond motifs is 1. The number of hydrogen-bond donors (Lipinski definition) is 0. The van der Waals surface area contributed by atoms with Crippen LogP contribution in [0, 0.1) is 18.7 Å². The van der Waals surface area contributed by atoms with Crippen LogP contribution in [0.3, 0.4) is 0 Å². The van der Waals surface area contributed by atoms with E-state index in [0.717, 1.165) is 0 Å². The van der Waals surface area contributed by atoms with E-state index >= 15 is 0 Å². The van der Waals surface area contributed by atoms with E-state index in [-0.39, 0.29) is 17.8 Å². The summed E-state index contributed by atoms with van der Waals surface area (Å²) in [5.74, 6) is -0.893. The molecule has 132 valence electrons. The van der Waals surface area contributed by atoms with Crippen LogP contribution in [0.4, 0.5) is 4.39 Å². The summed E-state index contributed by atoms with van der Waals surface area (Å²) in [6.45, 7) is 4.94. The lowest BCUT2D eigenvalue weighted by atomic mass is 9.96. The minimum Gasteiger partial charge on any atom is -0.466 e. The molecule has 6 heteroatoms. The number of rotatable bonds is 3. The van der Waals surface area contributed by atoms with E-state index in [4.69, 9.17) is 4.74 Å². The molecule has 1 fully saturated rings. The number of amides is 1. The van der Waals surface area contributed by atoms with Crippen LogP contribution in [0.25, 0.3) is 10.9 Å². The number of hydrogen-bond acceptors (Lipinski definition) is 4. The fraction of sp³-hybridized carbons (Fsp3) is 0.421. The van der Waals surface area contributed by atoms with Gasteiger partial charge in [0.2, 0.25) is 0 Å². The fourth-order valence-electron chi connectivity index (χ4n) is 3.26. The van der Waals surface area contributed by atoms with Gasteiger partial charge in [-0.25, -0.2) is 4.39 Å². The Balaban J connectivity index is 1.81. The van der Waals surface area contributed by atoms with Crippen molar-refractivity contribution in [1.29, 1.82) is 0 Å². The highest BCUT2D eigenvalue weighted by molar-refractivity contribution is 6.06. The van der Waals surface area contributed by atoms with Gasteiger partial charge in [-0.05, 0) is 51.0 Å². The second-order valence-electron chi connectivity index (χ2n) is 6.29. The molecule has 0 unspecified atom stereocenters. The quantitative estimate of drug-likeness (QED) is 0.803. The number of esters is 1. The molecule has 5 nitrogen and oxygen atoms in total. The Morgan fingerprint density at radius 2 is 2.00 bits per heavy atom. The monoisotopic (exact) mass is 344 g/mol. The number of carbonyl (C=O) groups excluding carboxylic acids is 2. The molecule has 1 saturated heterocycles. The van der Waals surface area contributed by atoms with E-state index in [1.165, 1.54) is 12.1 Å². The molecule has 1 amide bonds. The minimum absolute atomic E-state index is 0.150. The standard InChI is InChI=1S/C19H21FN2O3/c1-3-25-19(24)13-6-8-22(9-7-13)18(23)16-10-12(2)21-17-5-4-14(20)11-15(16)17/h4-5,10-11,13H,3,6-9H2,1-2H3. The van der Waals surface area contributed by atoms with Crippen LogP contribution in [0.1, 0.15) is 35.8 Å². The molecular weight excluding hydrogens is 323 g/mol. The predicted molar refractivity (Wildman–Crippen MR) is 91.7 cm³/mol. The van der Waals surface area contributed by atoms with Crippen molar-refractivity contribution >= 4 is 22.8 Å². The Kier molecular flexibility index (Phi) is 4.97. The van der Waals surface area contributed by atoms with Gasteiger partial charge in [0.25, 0.3) is 5.91 Å². The zero-order chi connectivity index (χ0) is 18.0. The lowest BCUT2D eigenvalue weighted by Gasteiger charge is -2.31. The second-order valence-corrected chi connectivity index (χ2v) is 6.29. The maximum atomic E-state index is 13.6. The number of pyridine rings is 1. The van der Waals surface area contributed by atoms with Crippen LogP contribution in [-0.2, 0) is 9.53 Å². The summed E-state index contributed by atoms with van der Waals surface area (Å²) < 4.78 is 18.7. The first-order valence-electron chi connectivity index (χ1n) is 8.52. The SMILES string of the molecule is CCOC(=O)C1CCN(C(=O)c2cc(C)nc3ccc(F)cc23)CC1. The fourth-order valence-corrected chi connectivity index (χ4v) is 3.26. The third-order valence-electron chi connectivity index (χ3n) is 4.53. The van der Waals surface area contributed by atoms with Gasteiger partial charge in [0.05, 0.1) is 23.6 Å². The first-order chi connectivity index (χ1) is 12.0. The third kappa shape index (κ3) is 3.62. The molecule has 0 radical (unpaired) electrons. The molecule has 0 spiro atoms. The summed E-state index contributed by atoms with van der Waals surface area (Å²) in [5.41, 5.74) is 1.77. The van der Waals surface area contributed by atoms with Crippen molar-refractivity contribution in [3.8, 4) is 0 Å². The van der Waals surface area contributed by atoms with Gasteiger partial charge in [-0.15, -0.1) is 0 Å². The molecule has 1 aromatic heterocycles. The summed E-state index contributed by atoms with van der Waals surface area (Å²) in [7, 11) is 0. The molecule has 0 atom stereocenters. The van der Waals surface area contributed by atoms with Crippen LogP contribution in [-0.4, -0.2) is 41.5 Å². The maximum Gasteiger partial charge on any atom is 0.309 e. The van der Waals surface area contributed by atoms with Gasteiger partial charge >= 0.3 is 5.97 Å². The van der Waals surface area contributed by atoms with E-state index in [1.807, 2.05) is 6.92 Å². The first-order valence-corrected chi connectivity index (χ1v) is 8.52. The van der Waals surface area contributed by atoms with Gasteiger partial charge in [0.15, 0.2) is 0 Å². The van der Waals surface area contributed by atoms with Crippen LogP contribution in [0.2, 0.25) is 0 Å². The molecular formula is C19H21FN2O3. The number of benzene rings is 1. The van der Waals surface area contributed by atoms with Crippen LogP contribution in [0.5, 0.6) is 0 Å². The van der Waals surface area contributed by atoms with Gasteiger partial charge in [0.1, 0.15) is 5.82 Å². The summed E-state index contributed by atoms with van der Waals surface area (Å²) >= 11 is 0. The van der Waals surface area contributed by atoms with Crippen LogP contribution >= 0.6 is 0 Å². The van der Waals surface area contributed by atoms with Crippen molar-refractivity contribution in [1.82, 2.24) is 9.88 Å². The molecule has 0 bridgehead atoms. The summed E-state index contributed by atoms with van der Waals surface area (Å²) in [4.78, 5) is 30.8. The van der Waals surface area contributed by atoms with Crippen molar-refractivity contribution < 1.29 is 18.7 Å². The smallest absolute Gasteiger partial charge is 0.309 e. The van der Waals surface area contributed by atoms with Crippen molar-refractivity contribution in [2.45, 2.75) is 26.7 Å². The summed E-state index contributed by atoms with van der Waals surface area (Å²) in [6, 6.07) is 5.97. The van der Waals surface area contributed by atoms with E-state index < -0.39 is 5.82 Å². The third-order valence-corrected chi connectivity index (χ3v) is 4.53. The zero-order valence-electron chi connectivity index (χ0n) is 14.4. The largest absolute Gasteiger partial charge is 0.466 e. The highest BCUT2D eigenvalue weighted by Gasteiger charge is 2.29. The number of likely N-dealkylation sites (tertiary alicyclic amines) is 1. The van der Waals surface area contributed by atoms with Gasteiger partial charge in [0, 0.05) is 24.2 Å². The number of aryl methyl sites for hydroxylation is 1. The summed E-state index contributed by atoms with van der Waals surface area (Å²) in [6.07, 6.45) is 1.17. The molecule has 1 aliphatic heterocycles. The van der Waals surface area contributed by atoms with E-state index in [1.54, 1.807) is 24.0 Å². The topological polar surface area (TPSA) is 59.5 Å². The number of halogens is 1. The van der Waals surface area contributed by atoms with Gasteiger partial charge in [-0.1, -0.05) is 0 Å². The highest BCUT2D eigenvalue weighted by Crippen LogP contribution is 2.24. The zero-order valence-corrected chi connectivity index (χ0v) is 14.4. The van der Waals surface area contributed by atoms with Crippen molar-refractivity contribution in [2.24, 2.45) is 5.92 Å². The highest BCUT2D eigenvalue weighted by atomic mass is 19.1. The molecule has 2 aromatic rings. The molecule has 0 saturated carbocycles. The Morgan fingerprint density at radius 3 is 2.68 bits per heavy atom. The minimum atomic E-state index is -0.395. The molecule has 2 heterocycles. The van der Waals surface area contributed by atoms with Crippen LogP contribution < -0.4 is 0 Å². The first kappa shape index (κ1) is 17.3. The number of nitrogens with zero attached hydrogens (tertiary/aromatic N) is 2. The van der Waals surface area contributed by atoms with Crippen molar-refractivity contribution in [3.63, 3.8) is 0 Å². The Hall–Kier alpha value is -2.50. The lowest BCUT2D eigenvalue weighted by molar-refractivity contribution is -0.149. The Morgan fingerprint density at radius 1 is 1.28 bits per heavy atom. The lowest BCUT2D eigenvalue weighted by Crippen LogP contribution is -2.40. The molecule has 25 heavy (non-hydrogen) atoms. The maximum absolute atomic E-state index is 13.6. The number of aromatic nitrogens is 1. The molecule has 3 rings (SSSR count). The van der Waals surface area contributed by atoms with Crippen LogP contribution in [0.15, 0.2) is 24.3 Å². The Bertz CT molecular complexity index is 814. The van der Waals surface area contributed by atoms with Crippen molar-refractivity contribution in [2.75, 3.05) is 19.7 Å². The summed E-state index contributed by atoms with van der Waals surface area (Å²) in [5, 5.41) is 0.517. The molecule has 0 N–H and O–H groups in total. The second kappa shape index (κ2) is 7.17. The predicted octanol–water partition coefficient (Wildman–Crippen LogP) is 3.10. The van der Waals surface area contributed by atoms with Gasteiger partial charge in [-0.3, -0.25) is 14.6 Å². The number of ether oxygens (including phenoxy) is 1. The van der Waals surface area contributed by atoms with Gasteiger partial charge < -0.3 is 9.64 Å². The van der Waals surface area contributed by atoms with Gasteiger partial charge in [-0.2, -0.15) is 0 Å². The molecule has 0 aliphatic carbocycles. The van der Waals surface area contributed by atoms with E-state index in [2.05, 4.69) is 4.98 Å². The number of piperidine rings is 1. The Labute approximate surface area is 145 Å². The number of carbonyl (C=O) groups is 2.